The Bertz CT molecular complexity index is 135. The Hall–Kier alpha value is -0.790. The minimum atomic E-state index is 1.02. The molecular formula is C6H10N2. The lowest BCUT2D eigenvalue weighted by Crippen LogP contribution is -2.13. The van der Waals surface area contributed by atoms with Gasteiger partial charge in [0.25, 0.3) is 0 Å². The Morgan fingerprint density at radius 2 is 2.38 bits per heavy atom. The average Bonchev–Trinajstić information content (AvgIpc) is 1.77. The van der Waals surface area contributed by atoms with Crippen LogP contribution in [0.5, 0.6) is 0 Å². The summed E-state index contributed by atoms with van der Waals surface area (Å²) in [4.78, 5) is 0. The van der Waals surface area contributed by atoms with Crippen molar-refractivity contribution in [2.75, 3.05) is 0 Å². The second kappa shape index (κ2) is 1.99. The second-order valence-corrected chi connectivity index (χ2v) is 2.06. The van der Waals surface area contributed by atoms with Gasteiger partial charge in [0.15, 0.2) is 0 Å². The molecule has 0 bridgehead atoms. The first kappa shape index (κ1) is 5.35. The van der Waals surface area contributed by atoms with Gasteiger partial charge in [-0.3, -0.25) is 5.43 Å². The van der Waals surface area contributed by atoms with E-state index in [1.807, 2.05) is 6.92 Å². The SMILES string of the molecule is C=C1CCC(C)=NN1. The number of hydrogen-bond donors (Lipinski definition) is 1. The van der Waals surface area contributed by atoms with E-state index in [0.717, 1.165) is 24.3 Å². The van der Waals surface area contributed by atoms with E-state index < -0.39 is 0 Å². The highest BCUT2D eigenvalue weighted by molar-refractivity contribution is 5.82. The van der Waals surface area contributed by atoms with E-state index in [4.69, 9.17) is 0 Å². The summed E-state index contributed by atoms with van der Waals surface area (Å²) in [5.41, 5.74) is 5.01. The Morgan fingerprint density at radius 1 is 1.62 bits per heavy atom. The Morgan fingerprint density at radius 3 is 2.75 bits per heavy atom. The van der Waals surface area contributed by atoms with Crippen molar-refractivity contribution in [1.82, 2.24) is 5.43 Å². The molecule has 1 heterocycles. The molecule has 0 unspecified atom stereocenters. The van der Waals surface area contributed by atoms with E-state index in [9.17, 15) is 0 Å². The minimum Gasteiger partial charge on any atom is -0.283 e. The molecule has 1 rings (SSSR count). The molecule has 0 spiro atoms. The summed E-state index contributed by atoms with van der Waals surface area (Å²) >= 11 is 0. The van der Waals surface area contributed by atoms with Gasteiger partial charge in [-0.1, -0.05) is 6.58 Å². The molecule has 0 saturated heterocycles. The van der Waals surface area contributed by atoms with Crippen LogP contribution in [0.3, 0.4) is 0 Å². The number of nitrogens with zero attached hydrogens (tertiary/aromatic N) is 1. The van der Waals surface area contributed by atoms with Crippen LogP contribution in [0.25, 0.3) is 0 Å². The zero-order valence-corrected chi connectivity index (χ0v) is 5.07. The number of hydrogen-bond acceptors (Lipinski definition) is 2. The molecule has 0 aromatic carbocycles. The van der Waals surface area contributed by atoms with Crippen molar-refractivity contribution in [3.63, 3.8) is 0 Å². The molecule has 1 aliphatic rings. The van der Waals surface area contributed by atoms with Crippen LogP contribution in [-0.4, -0.2) is 5.71 Å². The maximum atomic E-state index is 3.98. The predicted molar refractivity (Wildman–Crippen MR) is 34.6 cm³/mol. The molecule has 0 amide bonds. The van der Waals surface area contributed by atoms with Crippen LogP contribution in [0, 0.1) is 0 Å². The number of nitrogens with one attached hydrogen (secondary N) is 1. The fourth-order valence-electron chi connectivity index (χ4n) is 0.618. The summed E-state index contributed by atoms with van der Waals surface area (Å²) in [6.07, 6.45) is 2.10. The average molecular weight is 110 g/mol. The van der Waals surface area contributed by atoms with E-state index in [-0.39, 0.29) is 0 Å². The highest BCUT2D eigenvalue weighted by Gasteiger charge is 2.00. The first-order valence-corrected chi connectivity index (χ1v) is 2.76. The first-order chi connectivity index (χ1) is 3.79. The quantitative estimate of drug-likeness (QED) is 0.498. The molecule has 44 valence electrons. The fraction of sp³-hybridized carbons (Fsp3) is 0.500. The van der Waals surface area contributed by atoms with Crippen molar-refractivity contribution in [2.45, 2.75) is 19.8 Å². The summed E-state index contributed by atoms with van der Waals surface area (Å²) < 4.78 is 0. The summed E-state index contributed by atoms with van der Waals surface area (Å²) in [5, 5.41) is 3.98. The summed E-state index contributed by atoms with van der Waals surface area (Å²) in [7, 11) is 0. The molecule has 0 radical (unpaired) electrons. The zero-order valence-electron chi connectivity index (χ0n) is 5.07. The fourth-order valence-corrected chi connectivity index (χ4v) is 0.618. The predicted octanol–water partition coefficient (Wildman–Crippen LogP) is 1.26. The molecule has 8 heavy (non-hydrogen) atoms. The van der Waals surface area contributed by atoms with Crippen LogP contribution < -0.4 is 5.43 Å². The van der Waals surface area contributed by atoms with Gasteiger partial charge in [0.1, 0.15) is 0 Å². The number of hydrazone groups is 1. The molecule has 0 fully saturated rings. The standard InChI is InChI=1S/C6H10N2/c1-5-3-4-6(2)8-7-5/h7H,1,3-4H2,2H3. The summed E-state index contributed by atoms with van der Waals surface area (Å²) in [6, 6.07) is 0. The molecule has 0 atom stereocenters. The first-order valence-electron chi connectivity index (χ1n) is 2.76. The third-order valence-electron chi connectivity index (χ3n) is 1.19. The van der Waals surface area contributed by atoms with Crippen LogP contribution in [0.15, 0.2) is 17.4 Å². The molecule has 1 aliphatic heterocycles. The summed E-state index contributed by atoms with van der Waals surface area (Å²) in [6.45, 7) is 5.74. The van der Waals surface area contributed by atoms with Gasteiger partial charge in [-0.2, -0.15) is 5.10 Å². The molecule has 0 saturated carbocycles. The van der Waals surface area contributed by atoms with Gasteiger partial charge in [-0.25, -0.2) is 0 Å². The molecule has 0 aromatic rings. The van der Waals surface area contributed by atoms with Crippen molar-refractivity contribution in [1.29, 1.82) is 0 Å². The van der Waals surface area contributed by atoms with Crippen LogP contribution >= 0.6 is 0 Å². The molecule has 2 nitrogen and oxygen atoms in total. The Balaban J connectivity index is 2.55. The largest absolute Gasteiger partial charge is 0.283 e. The molecule has 0 aromatic heterocycles. The van der Waals surface area contributed by atoms with Crippen LogP contribution in [0.4, 0.5) is 0 Å². The Kier molecular flexibility index (Phi) is 1.33. The van der Waals surface area contributed by atoms with Gasteiger partial charge in [0, 0.05) is 11.4 Å². The minimum absolute atomic E-state index is 1.02. The highest BCUT2D eigenvalue weighted by atomic mass is 15.3. The Labute approximate surface area is 49.3 Å². The monoisotopic (exact) mass is 110 g/mol. The molecular weight excluding hydrogens is 100 g/mol. The highest BCUT2D eigenvalue weighted by Crippen LogP contribution is 2.04. The maximum absolute atomic E-state index is 3.98. The van der Waals surface area contributed by atoms with Gasteiger partial charge in [0.05, 0.1) is 0 Å². The van der Waals surface area contributed by atoms with Crippen molar-refractivity contribution in [3.05, 3.63) is 12.3 Å². The topological polar surface area (TPSA) is 24.4 Å². The lowest BCUT2D eigenvalue weighted by Gasteiger charge is -2.10. The normalized spacial score (nSPS) is 19.6. The maximum Gasteiger partial charge on any atom is 0.0355 e. The van der Waals surface area contributed by atoms with E-state index >= 15 is 0 Å². The van der Waals surface area contributed by atoms with E-state index in [0.29, 0.717) is 0 Å². The lowest BCUT2D eigenvalue weighted by atomic mass is 10.2. The van der Waals surface area contributed by atoms with E-state index in [2.05, 4.69) is 17.1 Å². The molecule has 0 aliphatic carbocycles. The lowest BCUT2D eigenvalue weighted by molar-refractivity contribution is 0.767. The third-order valence-corrected chi connectivity index (χ3v) is 1.19. The molecule has 1 N–H and O–H groups in total. The van der Waals surface area contributed by atoms with Crippen LogP contribution in [0.2, 0.25) is 0 Å². The zero-order chi connectivity index (χ0) is 5.98. The van der Waals surface area contributed by atoms with Crippen molar-refractivity contribution in [2.24, 2.45) is 5.10 Å². The van der Waals surface area contributed by atoms with Crippen molar-refractivity contribution >= 4 is 5.71 Å². The molecule has 2 heteroatoms. The second-order valence-electron chi connectivity index (χ2n) is 2.06. The van der Waals surface area contributed by atoms with Crippen LogP contribution in [0.1, 0.15) is 19.8 Å². The number of rotatable bonds is 0. The van der Waals surface area contributed by atoms with E-state index in [1.54, 1.807) is 0 Å². The van der Waals surface area contributed by atoms with Crippen molar-refractivity contribution < 1.29 is 0 Å². The summed E-state index contributed by atoms with van der Waals surface area (Å²) in [5.74, 6) is 0. The third kappa shape index (κ3) is 1.09. The van der Waals surface area contributed by atoms with Gasteiger partial charge in [0.2, 0.25) is 0 Å². The van der Waals surface area contributed by atoms with Gasteiger partial charge in [-0.05, 0) is 19.8 Å². The number of allylic oxidation sites excluding steroid dienone is 1. The van der Waals surface area contributed by atoms with Gasteiger partial charge >= 0.3 is 0 Å². The van der Waals surface area contributed by atoms with E-state index in [1.165, 1.54) is 0 Å². The van der Waals surface area contributed by atoms with Gasteiger partial charge in [-0.15, -0.1) is 0 Å². The van der Waals surface area contributed by atoms with Gasteiger partial charge < -0.3 is 0 Å². The smallest absolute Gasteiger partial charge is 0.0355 e. The van der Waals surface area contributed by atoms with Crippen molar-refractivity contribution in [3.8, 4) is 0 Å². The van der Waals surface area contributed by atoms with Crippen LogP contribution in [-0.2, 0) is 0 Å².